The minimum atomic E-state index is -0.809. The van der Waals surface area contributed by atoms with Crippen LogP contribution in [0.5, 0.6) is 0 Å². The molecule has 4 rings (SSSR count). The highest BCUT2D eigenvalue weighted by molar-refractivity contribution is 6.02. The van der Waals surface area contributed by atoms with Crippen LogP contribution >= 0.6 is 0 Å². The minimum absolute atomic E-state index is 0.223. The lowest BCUT2D eigenvalue weighted by Gasteiger charge is -2.31. The first-order chi connectivity index (χ1) is 17.1. The van der Waals surface area contributed by atoms with Gasteiger partial charge in [0.1, 0.15) is 0 Å². The van der Waals surface area contributed by atoms with E-state index in [1.807, 2.05) is 74.5 Å². The summed E-state index contributed by atoms with van der Waals surface area (Å²) in [4.78, 5) is 59.5. The molecule has 0 aliphatic carbocycles. The minimum Gasteiger partial charge on any atom is -0.322 e. The van der Waals surface area contributed by atoms with Gasteiger partial charge in [0.15, 0.2) is 0 Å². The van der Waals surface area contributed by atoms with Crippen molar-refractivity contribution in [2.45, 2.75) is 51.9 Å². The molecule has 0 N–H and O–H groups in total. The molecule has 2 aliphatic heterocycles. The van der Waals surface area contributed by atoms with E-state index < -0.39 is 35.7 Å². The molecular weight excluding hydrogens is 456 g/mol. The molecule has 0 saturated carbocycles. The van der Waals surface area contributed by atoms with Crippen molar-refractivity contribution in [2.75, 3.05) is 14.1 Å². The first-order valence-electron chi connectivity index (χ1n) is 12.4. The molecular formula is C28H34N4O4. The van der Waals surface area contributed by atoms with Gasteiger partial charge < -0.3 is 9.80 Å². The fourth-order valence-electron chi connectivity index (χ4n) is 5.27. The highest BCUT2D eigenvalue weighted by atomic mass is 16.2. The van der Waals surface area contributed by atoms with Crippen molar-refractivity contribution in [2.24, 2.45) is 11.8 Å². The summed E-state index contributed by atoms with van der Waals surface area (Å²) >= 11 is 0. The quantitative estimate of drug-likeness (QED) is 0.626. The zero-order chi connectivity index (χ0) is 26.3. The van der Waals surface area contributed by atoms with Gasteiger partial charge >= 0.3 is 12.1 Å². The third-order valence-electron chi connectivity index (χ3n) is 7.99. The number of nitrogens with zero attached hydrogens (tertiary/aromatic N) is 4. The molecule has 0 spiro atoms. The molecule has 2 aromatic rings. The van der Waals surface area contributed by atoms with Crippen LogP contribution in [0.15, 0.2) is 60.7 Å². The summed E-state index contributed by atoms with van der Waals surface area (Å²) in [7, 11) is 3.36. The van der Waals surface area contributed by atoms with Crippen molar-refractivity contribution in [3.8, 4) is 0 Å². The standard InChI is InChI=1S/C28H34N4O4/c1-17(25(33)31-23(19(3)29(5)27(31)35)21-13-9-7-10-14-21)18(2)26(34)32-24(20(4)30(6)28(32)36)22-15-11-8-12-16-22/h7-20,23-24H,1-6H3/t17-,18-,19-,20-,23-,24-/m0/s1. The van der Waals surface area contributed by atoms with Gasteiger partial charge in [-0.05, 0) is 25.0 Å². The van der Waals surface area contributed by atoms with Gasteiger partial charge in [-0.3, -0.25) is 19.4 Å². The van der Waals surface area contributed by atoms with Crippen molar-refractivity contribution < 1.29 is 19.2 Å². The van der Waals surface area contributed by atoms with Gasteiger partial charge in [-0.2, -0.15) is 0 Å². The molecule has 2 aliphatic rings. The van der Waals surface area contributed by atoms with Crippen LogP contribution in [0.2, 0.25) is 0 Å². The van der Waals surface area contributed by atoms with E-state index in [1.54, 1.807) is 37.7 Å². The lowest BCUT2D eigenvalue weighted by Crippen LogP contribution is -2.46. The van der Waals surface area contributed by atoms with E-state index in [0.717, 1.165) is 11.1 Å². The number of amides is 6. The molecule has 6 atom stereocenters. The van der Waals surface area contributed by atoms with E-state index in [4.69, 9.17) is 0 Å². The van der Waals surface area contributed by atoms with E-state index in [2.05, 4.69) is 0 Å². The van der Waals surface area contributed by atoms with E-state index in [-0.39, 0.29) is 24.1 Å². The zero-order valence-electron chi connectivity index (χ0n) is 21.7. The molecule has 0 aromatic heterocycles. The Balaban J connectivity index is 1.62. The maximum atomic E-state index is 13.8. The third kappa shape index (κ3) is 4.04. The zero-order valence-corrected chi connectivity index (χ0v) is 21.7. The molecule has 2 saturated heterocycles. The number of likely N-dealkylation sites (N-methyl/N-ethyl adjacent to an activating group) is 2. The molecule has 0 unspecified atom stereocenters. The van der Waals surface area contributed by atoms with Gasteiger partial charge in [-0.25, -0.2) is 9.59 Å². The Morgan fingerprint density at radius 3 is 1.25 bits per heavy atom. The van der Waals surface area contributed by atoms with Crippen LogP contribution in [0.25, 0.3) is 0 Å². The lowest BCUT2D eigenvalue weighted by molar-refractivity contribution is -0.143. The smallest absolute Gasteiger partial charge is 0.322 e. The molecule has 36 heavy (non-hydrogen) atoms. The Bertz CT molecular complexity index is 1060. The molecule has 190 valence electrons. The number of imide groups is 2. The molecule has 0 radical (unpaired) electrons. The van der Waals surface area contributed by atoms with Gasteiger partial charge in [0.25, 0.3) is 0 Å². The summed E-state index contributed by atoms with van der Waals surface area (Å²) in [6.45, 7) is 7.14. The normalized spacial score (nSPS) is 25.9. The van der Waals surface area contributed by atoms with Crippen molar-refractivity contribution in [3.05, 3.63) is 71.8 Å². The second-order valence-corrected chi connectivity index (χ2v) is 9.97. The Morgan fingerprint density at radius 2 is 0.944 bits per heavy atom. The molecule has 8 nitrogen and oxygen atoms in total. The summed E-state index contributed by atoms with van der Waals surface area (Å²) in [6.07, 6.45) is 0. The average molecular weight is 491 g/mol. The van der Waals surface area contributed by atoms with Gasteiger partial charge in [0, 0.05) is 25.9 Å². The molecule has 2 fully saturated rings. The van der Waals surface area contributed by atoms with Crippen molar-refractivity contribution >= 4 is 23.9 Å². The first kappa shape index (κ1) is 25.4. The Hall–Kier alpha value is -3.68. The summed E-state index contributed by atoms with van der Waals surface area (Å²) in [6, 6.07) is 16.7. The fraction of sp³-hybridized carbons (Fsp3) is 0.429. The SMILES string of the molecule is C[C@H](C(=O)N1C(=O)N(C)[C@@H](C)[C@H]1c1ccccc1)[C@H](C)C(=O)N1C(=O)N(C)[C@@H](C)[C@H]1c1ccccc1. The summed E-state index contributed by atoms with van der Waals surface area (Å²) in [5.74, 6) is -2.46. The van der Waals surface area contributed by atoms with Gasteiger partial charge in [0.2, 0.25) is 11.8 Å². The summed E-state index contributed by atoms with van der Waals surface area (Å²) in [5, 5.41) is 0. The molecule has 6 amide bonds. The Labute approximate surface area is 212 Å². The van der Waals surface area contributed by atoms with Crippen molar-refractivity contribution in [3.63, 3.8) is 0 Å². The van der Waals surface area contributed by atoms with E-state index in [1.165, 1.54) is 9.80 Å². The Kier molecular flexibility index (Phi) is 6.89. The highest BCUT2D eigenvalue weighted by Gasteiger charge is 2.50. The number of hydrogen-bond acceptors (Lipinski definition) is 4. The number of rotatable bonds is 5. The van der Waals surface area contributed by atoms with E-state index in [0.29, 0.717) is 0 Å². The van der Waals surface area contributed by atoms with Crippen LogP contribution in [-0.2, 0) is 9.59 Å². The fourth-order valence-corrected chi connectivity index (χ4v) is 5.27. The monoisotopic (exact) mass is 490 g/mol. The Morgan fingerprint density at radius 1 is 0.639 bits per heavy atom. The van der Waals surface area contributed by atoms with Crippen molar-refractivity contribution in [1.82, 2.24) is 19.6 Å². The second kappa shape index (κ2) is 9.76. The summed E-state index contributed by atoms with van der Waals surface area (Å²) in [5.41, 5.74) is 1.72. The maximum Gasteiger partial charge on any atom is 0.327 e. The van der Waals surface area contributed by atoms with Crippen LogP contribution in [0.1, 0.15) is 50.9 Å². The van der Waals surface area contributed by atoms with Crippen LogP contribution < -0.4 is 0 Å². The van der Waals surface area contributed by atoms with E-state index >= 15 is 0 Å². The number of carbonyl (C=O) groups is 4. The second-order valence-electron chi connectivity index (χ2n) is 9.97. The molecule has 8 heteroatoms. The third-order valence-corrected chi connectivity index (χ3v) is 7.99. The van der Waals surface area contributed by atoms with E-state index in [9.17, 15) is 19.2 Å². The van der Waals surface area contributed by atoms with Crippen LogP contribution in [0.4, 0.5) is 9.59 Å². The predicted molar refractivity (Wildman–Crippen MR) is 136 cm³/mol. The van der Waals surface area contributed by atoms with Crippen LogP contribution in [-0.4, -0.2) is 69.7 Å². The number of carbonyl (C=O) groups excluding carboxylic acids is 4. The van der Waals surface area contributed by atoms with Gasteiger partial charge in [-0.15, -0.1) is 0 Å². The maximum absolute atomic E-state index is 13.8. The molecule has 2 heterocycles. The predicted octanol–water partition coefficient (Wildman–Crippen LogP) is 4.31. The van der Waals surface area contributed by atoms with Crippen LogP contribution in [0.3, 0.4) is 0 Å². The summed E-state index contributed by atoms with van der Waals surface area (Å²) < 4.78 is 0. The molecule has 2 aromatic carbocycles. The lowest BCUT2D eigenvalue weighted by atomic mass is 9.90. The molecule has 0 bridgehead atoms. The largest absolute Gasteiger partial charge is 0.327 e. The van der Waals surface area contributed by atoms with Gasteiger partial charge in [-0.1, -0.05) is 74.5 Å². The number of benzene rings is 2. The van der Waals surface area contributed by atoms with Crippen molar-refractivity contribution in [1.29, 1.82) is 0 Å². The topological polar surface area (TPSA) is 81.2 Å². The highest BCUT2D eigenvalue weighted by Crippen LogP contribution is 2.39. The number of hydrogen-bond donors (Lipinski definition) is 0. The number of urea groups is 2. The van der Waals surface area contributed by atoms with Gasteiger partial charge in [0.05, 0.1) is 24.2 Å². The van der Waals surface area contributed by atoms with Crippen LogP contribution in [0, 0.1) is 11.8 Å². The first-order valence-corrected chi connectivity index (χ1v) is 12.4. The average Bonchev–Trinajstić information content (AvgIpc) is 3.26.